The van der Waals surface area contributed by atoms with Gasteiger partial charge in [-0.2, -0.15) is 15.4 Å². The van der Waals surface area contributed by atoms with Crippen LogP contribution in [-0.4, -0.2) is 72.8 Å². The summed E-state index contributed by atoms with van der Waals surface area (Å²) in [6.07, 6.45) is 2.50. The molecule has 2 heterocycles. The number of anilines is 2. The number of carbonyl (C=O) groups excluding carboxylic acids is 1. The van der Waals surface area contributed by atoms with Crippen molar-refractivity contribution < 1.29 is 19.4 Å². The van der Waals surface area contributed by atoms with Crippen molar-refractivity contribution in [3.63, 3.8) is 0 Å². The molecule has 186 valence electrons. The number of hydrogen-bond donors (Lipinski definition) is 5. The van der Waals surface area contributed by atoms with Crippen molar-refractivity contribution in [1.82, 2.24) is 25.6 Å². The Bertz CT molecular complexity index is 1280. The number of carbonyl (C=O) groups is 1. The highest BCUT2D eigenvalue weighted by Gasteiger charge is 2.50. The lowest BCUT2D eigenvalue weighted by molar-refractivity contribution is -0.106. The Labute approximate surface area is 215 Å². The summed E-state index contributed by atoms with van der Waals surface area (Å²) in [6.45, 7) is 3.98. The number of halogens is 2. The number of benzene rings is 2. The molecule has 1 aromatic heterocycles. The molecule has 1 saturated heterocycles. The second-order valence-electron chi connectivity index (χ2n) is 9.91. The Morgan fingerprint density at radius 1 is 1.23 bits per heavy atom. The summed E-state index contributed by atoms with van der Waals surface area (Å²) in [4.78, 5) is 15.0. The van der Waals surface area contributed by atoms with Gasteiger partial charge in [0.15, 0.2) is 0 Å². The first-order valence-corrected chi connectivity index (χ1v) is 12.7. The van der Waals surface area contributed by atoms with Crippen LogP contribution in [-0.2, 0) is 0 Å². The van der Waals surface area contributed by atoms with Crippen molar-refractivity contribution in [2.45, 2.75) is 56.4 Å². The molecule has 35 heavy (non-hydrogen) atoms. The topological polar surface area (TPSA) is 126 Å². The van der Waals surface area contributed by atoms with Gasteiger partial charge >= 0.3 is 0 Å². The fourth-order valence-corrected chi connectivity index (χ4v) is 5.43. The van der Waals surface area contributed by atoms with Crippen LogP contribution in [0.25, 0.3) is 11.0 Å². The predicted octanol–water partition coefficient (Wildman–Crippen LogP) is 2.91. The molecule has 3 atom stereocenters. The third-order valence-corrected chi connectivity index (χ3v) is 7.96. The molecule has 5 rings (SSSR count). The first kappa shape index (κ1) is 24.3. The van der Waals surface area contributed by atoms with E-state index in [0.717, 1.165) is 22.8 Å². The molecule has 1 aliphatic heterocycles. The molecule has 3 aromatic rings. The lowest BCUT2D eigenvalue weighted by atomic mass is 9.85. The summed E-state index contributed by atoms with van der Waals surface area (Å²) >= 11 is 2.03. The standard InChI is InChI=1S/C24H28FIN6O3/c1-13(27-21-4-3-7-23(21,2)34)24(35)11-32(12-24)22(33)15-9-19-20(30-31-29-19)10-18(15)28-17-6-5-14(26)8-16(17)25/h5-6,8-10,13,21,27-28,34-35H,3-4,7,11-12H2,1-2H3,(H,29,30,31). The molecule has 2 aliphatic rings. The SMILES string of the molecule is CC(NC1CCCC1(C)O)C1(O)CN(C(=O)c2cc3n[nH]nc3cc2Nc2ccc(I)cc2F)C1. The number of β-amino-alcohol motifs (C(OH)–C–C–N with tert-alkyl or cyclic N) is 1. The van der Waals surface area contributed by atoms with E-state index in [1.165, 1.54) is 6.07 Å². The molecular formula is C24H28FIN6O3. The van der Waals surface area contributed by atoms with Gasteiger partial charge in [0.05, 0.1) is 35.6 Å². The van der Waals surface area contributed by atoms with Crippen molar-refractivity contribution in [2.24, 2.45) is 0 Å². The molecule has 0 radical (unpaired) electrons. The summed E-state index contributed by atoms with van der Waals surface area (Å²) in [5, 5.41) is 38.8. The lowest BCUT2D eigenvalue weighted by Gasteiger charge is -2.51. The molecule has 5 N–H and O–H groups in total. The van der Waals surface area contributed by atoms with E-state index in [0.29, 0.717) is 22.3 Å². The van der Waals surface area contributed by atoms with Crippen LogP contribution in [0, 0.1) is 9.39 Å². The summed E-state index contributed by atoms with van der Waals surface area (Å²) in [7, 11) is 0. The fourth-order valence-electron chi connectivity index (χ4n) is 4.98. The smallest absolute Gasteiger partial charge is 0.256 e. The van der Waals surface area contributed by atoms with Crippen LogP contribution >= 0.6 is 22.6 Å². The number of H-pyrrole nitrogens is 1. The number of aromatic nitrogens is 3. The van der Waals surface area contributed by atoms with E-state index >= 15 is 0 Å². The third kappa shape index (κ3) is 4.61. The fraction of sp³-hybridized carbons (Fsp3) is 0.458. The van der Waals surface area contributed by atoms with Crippen LogP contribution < -0.4 is 10.6 Å². The van der Waals surface area contributed by atoms with Gasteiger partial charge in [0.2, 0.25) is 0 Å². The highest BCUT2D eigenvalue weighted by molar-refractivity contribution is 14.1. The van der Waals surface area contributed by atoms with Crippen molar-refractivity contribution in [1.29, 1.82) is 0 Å². The van der Waals surface area contributed by atoms with Crippen molar-refractivity contribution in [3.8, 4) is 0 Å². The van der Waals surface area contributed by atoms with Gasteiger partial charge in [-0.05, 0) is 86.0 Å². The number of likely N-dealkylation sites (tertiary alicyclic amines) is 1. The Hall–Kier alpha value is -2.35. The summed E-state index contributed by atoms with van der Waals surface area (Å²) in [6, 6.07) is 7.66. The maximum atomic E-state index is 14.5. The second-order valence-corrected chi connectivity index (χ2v) is 11.2. The van der Waals surface area contributed by atoms with Crippen molar-refractivity contribution in [2.75, 3.05) is 18.4 Å². The molecule has 0 bridgehead atoms. The zero-order chi connectivity index (χ0) is 25.0. The minimum Gasteiger partial charge on any atom is -0.389 e. The first-order chi connectivity index (χ1) is 16.6. The number of fused-ring (bicyclic) bond motifs is 1. The minimum absolute atomic E-state index is 0.0968. The zero-order valence-electron chi connectivity index (χ0n) is 19.5. The molecule has 2 fully saturated rings. The zero-order valence-corrected chi connectivity index (χ0v) is 21.6. The highest BCUT2D eigenvalue weighted by Crippen LogP contribution is 2.34. The summed E-state index contributed by atoms with van der Waals surface area (Å²) < 4.78 is 15.3. The van der Waals surface area contributed by atoms with Gasteiger partial charge in [-0.15, -0.1) is 0 Å². The van der Waals surface area contributed by atoms with Crippen LogP contribution in [0.3, 0.4) is 0 Å². The molecule has 1 saturated carbocycles. The quantitative estimate of drug-likeness (QED) is 0.278. The molecular weight excluding hydrogens is 566 g/mol. The Morgan fingerprint density at radius 2 is 1.94 bits per heavy atom. The van der Waals surface area contributed by atoms with Gasteiger partial charge in [0.1, 0.15) is 22.5 Å². The van der Waals surface area contributed by atoms with Crippen LogP contribution in [0.5, 0.6) is 0 Å². The number of nitrogens with one attached hydrogen (secondary N) is 3. The normalized spacial score (nSPS) is 24.4. The maximum absolute atomic E-state index is 14.5. The van der Waals surface area contributed by atoms with Gasteiger partial charge in [-0.1, -0.05) is 0 Å². The van der Waals surface area contributed by atoms with Crippen LogP contribution in [0.1, 0.15) is 43.5 Å². The molecule has 9 nitrogen and oxygen atoms in total. The van der Waals surface area contributed by atoms with Gasteiger partial charge in [-0.3, -0.25) is 4.79 Å². The second kappa shape index (κ2) is 8.95. The number of rotatable bonds is 6. The molecule has 1 amide bonds. The minimum atomic E-state index is -1.11. The molecule has 1 aliphatic carbocycles. The van der Waals surface area contributed by atoms with E-state index < -0.39 is 17.0 Å². The van der Waals surface area contributed by atoms with Crippen LogP contribution in [0.15, 0.2) is 30.3 Å². The Balaban J connectivity index is 1.35. The summed E-state index contributed by atoms with van der Waals surface area (Å²) in [5.74, 6) is -0.732. The molecule has 3 unspecified atom stereocenters. The van der Waals surface area contributed by atoms with Gasteiger partial charge in [0, 0.05) is 15.7 Å². The highest BCUT2D eigenvalue weighted by atomic mass is 127. The maximum Gasteiger partial charge on any atom is 0.256 e. The van der Waals surface area contributed by atoms with Gasteiger partial charge < -0.3 is 25.7 Å². The van der Waals surface area contributed by atoms with Gasteiger partial charge in [0.25, 0.3) is 5.91 Å². The van der Waals surface area contributed by atoms with Crippen LogP contribution in [0.2, 0.25) is 0 Å². The van der Waals surface area contributed by atoms with E-state index in [1.807, 2.05) is 36.4 Å². The predicted molar refractivity (Wildman–Crippen MR) is 138 cm³/mol. The Morgan fingerprint density at radius 3 is 2.60 bits per heavy atom. The average molecular weight is 594 g/mol. The molecule has 0 spiro atoms. The van der Waals surface area contributed by atoms with E-state index in [9.17, 15) is 19.4 Å². The van der Waals surface area contributed by atoms with E-state index in [4.69, 9.17) is 0 Å². The van der Waals surface area contributed by atoms with E-state index in [2.05, 4.69) is 26.0 Å². The third-order valence-electron chi connectivity index (χ3n) is 7.29. The van der Waals surface area contributed by atoms with Crippen molar-refractivity contribution >= 4 is 50.9 Å². The Kier molecular flexibility index (Phi) is 6.22. The number of amides is 1. The monoisotopic (exact) mass is 594 g/mol. The van der Waals surface area contributed by atoms with Gasteiger partial charge in [-0.25, -0.2) is 4.39 Å². The first-order valence-electron chi connectivity index (χ1n) is 11.6. The molecule has 2 aromatic carbocycles. The van der Waals surface area contributed by atoms with Crippen LogP contribution in [0.4, 0.5) is 15.8 Å². The van der Waals surface area contributed by atoms with E-state index in [1.54, 1.807) is 29.2 Å². The average Bonchev–Trinajstić information content (AvgIpc) is 3.37. The number of hydrogen-bond acceptors (Lipinski definition) is 7. The molecule has 11 heteroatoms. The lowest BCUT2D eigenvalue weighted by Crippen LogP contribution is -2.72. The van der Waals surface area contributed by atoms with E-state index in [-0.39, 0.29) is 36.8 Å². The number of aromatic amines is 1. The van der Waals surface area contributed by atoms with Crippen molar-refractivity contribution in [3.05, 3.63) is 45.3 Å². The number of aliphatic hydroxyl groups is 2. The number of nitrogens with zero attached hydrogens (tertiary/aromatic N) is 3. The largest absolute Gasteiger partial charge is 0.389 e. The summed E-state index contributed by atoms with van der Waals surface area (Å²) in [5.41, 5.74) is 0.0900.